The van der Waals surface area contributed by atoms with Gasteiger partial charge in [0.1, 0.15) is 0 Å². The van der Waals surface area contributed by atoms with E-state index in [0.29, 0.717) is 5.69 Å². The fourth-order valence-corrected chi connectivity index (χ4v) is 2.81. The number of sulfonamides is 1. The van der Waals surface area contributed by atoms with Crippen LogP contribution in [0.15, 0.2) is 41.4 Å². The van der Waals surface area contributed by atoms with E-state index >= 15 is 0 Å². The van der Waals surface area contributed by atoms with E-state index in [-0.39, 0.29) is 11.4 Å². The third kappa shape index (κ3) is 3.00. The van der Waals surface area contributed by atoms with Gasteiger partial charge in [-0.25, -0.2) is 13.1 Å². The van der Waals surface area contributed by atoms with Gasteiger partial charge in [0.15, 0.2) is 4.90 Å². The Kier molecular flexibility index (Phi) is 3.81. The molecule has 0 amide bonds. The summed E-state index contributed by atoms with van der Waals surface area (Å²) in [6.07, 6.45) is 1.68. The molecule has 20 heavy (non-hydrogen) atoms. The van der Waals surface area contributed by atoms with Crippen LogP contribution in [-0.2, 0) is 23.6 Å². The summed E-state index contributed by atoms with van der Waals surface area (Å²) in [5.41, 5.74) is 0.0654. The quantitative estimate of drug-likeness (QED) is 0.649. The molecular weight excluding hydrogens is 284 g/mol. The Morgan fingerprint density at radius 3 is 2.65 bits per heavy atom. The van der Waals surface area contributed by atoms with Crippen LogP contribution in [0.5, 0.6) is 0 Å². The van der Waals surface area contributed by atoms with Gasteiger partial charge in [-0.05, 0) is 12.1 Å². The Morgan fingerprint density at radius 1 is 1.35 bits per heavy atom. The zero-order valence-electron chi connectivity index (χ0n) is 10.6. The molecule has 8 nitrogen and oxygen atoms in total. The molecule has 0 aliphatic heterocycles. The third-order valence-corrected chi connectivity index (χ3v) is 4.01. The largest absolute Gasteiger partial charge is 0.289 e. The SMILES string of the molecule is Cn1ccc(CNS(=O)(=O)c2ccccc2[N+](=O)[O-])n1. The van der Waals surface area contributed by atoms with Crippen LogP contribution in [0.2, 0.25) is 0 Å². The summed E-state index contributed by atoms with van der Waals surface area (Å²) in [4.78, 5) is 9.76. The van der Waals surface area contributed by atoms with Crippen LogP contribution >= 0.6 is 0 Å². The van der Waals surface area contributed by atoms with Crippen molar-refractivity contribution in [3.63, 3.8) is 0 Å². The molecule has 0 bridgehead atoms. The Balaban J connectivity index is 2.25. The van der Waals surface area contributed by atoms with Gasteiger partial charge in [-0.3, -0.25) is 14.8 Å². The van der Waals surface area contributed by atoms with Crippen LogP contribution in [0.25, 0.3) is 0 Å². The van der Waals surface area contributed by atoms with E-state index in [0.717, 1.165) is 6.07 Å². The lowest BCUT2D eigenvalue weighted by atomic mass is 10.3. The van der Waals surface area contributed by atoms with Crippen LogP contribution in [-0.4, -0.2) is 23.1 Å². The van der Waals surface area contributed by atoms with Crippen molar-refractivity contribution in [1.29, 1.82) is 0 Å². The van der Waals surface area contributed by atoms with Crippen molar-refractivity contribution in [2.24, 2.45) is 7.05 Å². The van der Waals surface area contributed by atoms with E-state index in [1.807, 2.05) is 0 Å². The van der Waals surface area contributed by atoms with Crippen LogP contribution in [0.1, 0.15) is 5.69 Å². The van der Waals surface area contributed by atoms with Crippen LogP contribution < -0.4 is 4.72 Å². The molecule has 0 fully saturated rings. The van der Waals surface area contributed by atoms with Crippen molar-refractivity contribution in [2.45, 2.75) is 11.4 Å². The van der Waals surface area contributed by atoms with Crippen LogP contribution in [0.3, 0.4) is 0 Å². The zero-order valence-corrected chi connectivity index (χ0v) is 11.4. The summed E-state index contributed by atoms with van der Waals surface area (Å²) in [6, 6.07) is 6.84. The van der Waals surface area contributed by atoms with Gasteiger partial charge in [-0.15, -0.1) is 0 Å². The lowest BCUT2D eigenvalue weighted by Gasteiger charge is -2.05. The highest BCUT2D eigenvalue weighted by Crippen LogP contribution is 2.22. The molecule has 2 rings (SSSR count). The third-order valence-electron chi connectivity index (χ3n) is 2.56. The second kappa shape index (κ2) is 5.39. The second-order valence-electron chi connectivity index (χ2n) is 4.03. The molecule has 0 radical (unpaired) electrons. The van der Waals surface area contributed by atoms with Gasteiger partial charge in [0.05, 0.1) is 17.2 Å². The molecule has 0 saturated carbocycles. The number of benzene rings is 1. The van der Waals surface area contributed by atoms with Crippen LogP contribution in [0, 0.1) is 10.1 Å². The Morgan fingerprint density at radius 2 is 2.05 bits per heavy atom. The van der Waals surface area contributed by atoms with Crippen molar-refractivity contribution in [1.82, 2.24) is 14.5 Å². The van der Waals surface area contributed by atoms with E-state index in [1.54, 1.807) is 19.3 Å². The first-order valence-electron chi connectivity index (χ1n) is 5.62. The van der Waals surface area contributed by atoms with Gasteiger partial charge < -0.3 is 0 Å². The molecule has 0 aliphatic carbocycles. The summed E-state index contributed by atoms with van der Waals surface area (Å²) in [5, 5.41) is 14.9. The van der Waals surface area contributed by atoms with Gasteiger partial charge in [-0.1, -0.05) is 12.1 Å². The van der Waals surface area contributed by atoms with Crippen molar-refractivity contribution in [3.8, 4) is 0 Å². The van der Waals surface area contributed by atoms with Crippen molar-refractivity contribution in [2.75, 3.05) is 0 Å². The number of aromatic nitrogens is 2. The van der Waals surface area contributed by atoms with Gasteiger partial charge in [-0.2, -0.15) is 5.10 Å². The molecule has 1 aromatic heterocycles. The average molecular weight is 296 g/mol. The minimum absolute atomic E-state index is 0.0325. The summed E-state index contributed by atoms with van der Waals surface area (Å²) in [7, 11) is -2.26. The monoisotopic (exact) mass is 296 g/mol. The summed E-state index contributed by atoms with van der Waals surface area (Å²) in [6.45, 7) is -0.0325. The second-order valence-corrected chi connectivity index (χ2v) is 5.77. The number of nitro benzene ring substituents is 1. The fraction of sp³-hybridized carbons (Fsp3) is 0.182. The van der Waals surface area contributed by atoms with E-state index in [1.165, 1.54) is 22.9 Å². The molecule has 1 aromatic carbocycles. The Labute approximate surface area is 115 Å². The maximum Gasteiger partial charge on any atom is 0.289 e. The molecule has 1 N–H and O–H groups in total. The Hall–Kier alpha value is -2.26. The molecule has 0 unspecified atom stereocenters. The molecule has 1 heterocycles. The highest BCUT2D eigenvalue weighted by Gasteiger charge is 2.24. The number of nitro groups is 1. The predicted molar refractivity (Wildman–Crippen MR) is 70.3 cm³/mol. The number of para-hydroxylation sites is 1. The normalized spacial score (nSPS) is 11.4. The molecule has 0 atom stereocenters. The van der Waals surface area contributed by atoms with Gasteiger partial charge in [0, 0.05) is 19.3 Å². The minimum atomic E-state index is -3.97. The highest BCUT2D eigenvalue weighted by molar-refractivity contribution is 7.89. The molecule has 0 spiro atoms. The smallest absolute Gasteiger partial charge is 0.276 e. The number of nitrogens with zero attached hydrogens (tertiary/aromatic N) is 3. The molecule has 106 valence electrons. The lowest BCUT2D eigenvalue weighted by Crippen LogP contribution is -2.24. The van der Waals surface area contributed by atoms with Crippen molar-refractivity contribution in [3.05, 3.63) is 52.3 Å². The first kappa shape index (κ1) is 14.2. The number of hydrogen-bond donors (Lipinski definition) is 1. The van der Waals surface area contributed by atoms with Gasteiger partial charge >= 0.3 is 0 Å². The average Bonchev–Trinajstić information content (AvgIpc) is 2.82. The van der Waals surface area contributed by atoms with Gasteiger partial charge in [0.25, 0.3) is 5.69 Å². The molecule has 0 saturated heterocycles. The van der Waals surface area contributed by atoms with Crippen molar-refractivity contribution >= 4 is 15.7 Å². The first-order chi connectivity index (χ1) is 9.40. The number of rotatable bonds is 5. The predicted octanol–water partition coefficient (Wildman–Crippen LogP) is 0.807. The lowest BCUT2D eigenvalue weighted by molar-refractivity contribution is -0.387. The Bertz CT molecular complexity index is 738. The molecule has 2 aromatic rings. The summed E-state index contributed by atoms with van der Waals surface area (Å²) >= 11 is 0. The zero-order chi connectivity index (χ0) is 14.8. The first-order valence-corrected chi connectivity index (χ1v) is 7.10. The number of hydrogen-bond acceptors (Lipinski definition) is 5. The summed E-state index contributed by atoms with van der Waals surface area (Å²) < 4.78 is 28.0. The number of aryl methyl sites for hydroxylation is 1. The topological polar surface area (TPSA) is 107 Å². The van der Waals surface area contributed by atoms with E-state index < -0.39 is 20.6 Å². The fourth-order valence-electron chi connectivity index (χ4n) is 1.64. The molecular formula is C11H12N4O4S. The van der Waals surface area contributed by atoms with Crippen molar-refractivity contribution < 1.29 is 13.3 Å². The maximum absolute atomic E-state index is 12.1. The van der Waals surface area contributed by atoms with E-state index in [9.17, 15) is 18.5 Å². The van der Waals surface area contributed by atoms with E-state index in [2.05, 4.69) is 9.82 Å². The maximum atomic E-state index is 12.1. The van der Waals surface area contributed by atoms with Crippen LogP contribution in [0.4, 0.5) is 5.69 Å². The van der Waals surface area contributed by atoms with Gasteiger partial charge in [0.2, 0.25) is 10.0 Å². The number of nitrogens with one attached hydrogen (secondary N) is 1. The summed E-state index contributed by atoms with van der Waals surface area (Å²) in [5.74, 6) is 0. The minimum Gasteiger partial charge on any atom is -0.276 e. The molecule has 9 heteroatoms. The standard InChI is InChI=1S/C11H12N4O4S/c1-14-7-6-9(13-14)8-12-20(18,19)11-5-3-2-4-10(11)15(16)17/h2-7,12H,8H2,1H3. The van der Waals surface area contributed by atoms with E-state index in [4.69, 9.17) is 0 Å². The highest BCUT2D eigenvalue weighted by atomic mass is 32.2. The molecule has 0 aliphatic rings.